The molecule has 0 radical (unpaired) electrons. The molecule has 1 unspecified atom stereocenters. The van der Waals surface area contributed by atoms with Crippen molar-refractivity contribution in [1.29, 1.82) is 0 Å². The monoisotopic (exact) mass is 473 g/mol. The number of nitrogens with zero attached hydrogens (tertiary/aromatic N) is 3. The van der Waals surface area contributed by atoms with Crippen molar-refractivity contribution in [3.8, 4) is 5.75 Å². The number of benzene rings is 1. The molecule has 0 bridgehead atoms. The molecule has 1 aromatic heterocycles. The summed E-state index contributed by atoms with van der Waals surface area (Å²) in [6.07, 6.45) is 8.36. The lowest BCUT2D eigenvalue weighted by atomic mass is 9.88. The van der Waals surface area contributed by atoms with E-state index in [1.54, 1.807) is 29.7 Å². The Kier molecular flexibility index (Phi) is 6.19. The molecule has 3 saturated heterocycles. The second-order valence-electron chi connectivity index (χ2n) is 9.89. The zero-order chi connectivity index (χ0) is 23.0. The number of anilines is 1. The maximum atomic E-state index is 14.1. The minimum Gasteiger partial charge on any atom is -0.490 e. The van der Waals surface area contributed by atoms with Crippen molar-refractivity contribution in [1.82, 2.24) is 9.88 Å². The number of aromatic nitrogens is 1. The molecule has 1 aliphatic carbocycles. The van der Waals surface area contributed by atoms with Crippen LogP contribution < -0.4 is 9.80 Å². The van der Waals surface area contributed by atoms with Crippen molar-refractivity contribution in [3.05, 3.63) is 42.0 Å². The van der Waals surface area contributed by atoms with Crippen molar-refractivity contribution in [2.75, 3.05) is 51.1 Å². The number of oxazole rings is 1. The van der Waals surface area contributed by atoms with E-state index in [-0.39, 0.29) is 17.5 Å². The molecule has 0 amide bonds. The van der Waals surface area contributed by atoms with Crippen LogP contribution in [-0.2, 0) is 14.3 Å². The Hall–Kier alpha value is -2.20. The van der Waals surface area contributed by atoms with E-state index >= 15 is 0 Å². The number of piperidine rings is 1. The fourth-order valence-corrected chi connectivity index (χ4v) is 5.90. The van der Waals surface area contributed by atoms with Crippen molar-refractivity contribution in [2.45, 2.75) is 55.8 Å². The van der Waals surface area contributed by atoms with Gasteiger partial charge >= 0.3 is 6.01 Å². The second-order valence-corrected chi connectivity index (χ2v) is 9.89. The molecule has 1 saturated carbocycles. The molecule has 2 aromatic rings. The molecule has 1 spiro atoms. The zero-order valence-electron chi connectivity index (χ0n) is 19.4. The summed E-state index contributed by atoms with van der Waals surface area (Å²) in [6.45, 7) is 5.02. The van der Waals surface area contributed by atoms with E-state index in [4.69, 9.17) is 23.5 Å². The lowest BCUT2D eigenvalue weighted by Gasteiger charge is -2.46. The number of ether oxygens (including phenoxy) is 3. The Labute approximate surface area is 198 Å². The lowest BCUT2D eigenvalue weighted by molar-refractivity contribution is -0.151. The van der Waals surface area contributed by atoms with Crippen LogP contribution in [0.5, 0.6) is 5.75 Å². The van der Waals surface area contributed by atoms with Gasteiger partial charge in [-0.25, -0.2) is 14.4 Å². The van der Waals surface area contributed by atoms with Gasteiger partial charge in [-0.3, -0.25) is 4.84 Å². The molecule has 4 heterocycles. The molecule has 0 N–H and O–H groups in total. The average Bonchev–Trinajstić information content (AvgIpc) is 3.54. The van der Waals surface area contributed by atoms with Crippen LogP contribution in [0.15, 0.2) is 35.1 Å². The fourth-order valence-electron chi connectivity index (χ4n) is 5.90. The van der Waals surface area contributed by atoms with Crippen LogP contribution in [0.25, 0.3) is 0 Å². The smallest absolute Gasteiger partial charge is 0.321 e. The van der Waals surface area contributed by atoms with E-state index < -0.39 is 0 Å². The van der Waals surface area contributed by atoms with Gasteiger partial charge in [0.2, 0.25) is 0 Å². The normalized spacial score (nSPS) is 30.6. The van der Waals surface area contributed by atoms with Gasteiger partial charge in [-0.1, -0.05) is 0 Å². The predicted molar refractivity (Wildman–Crippen MR) is 121 cm³/mol. The number of hydrogen-bond acceptors (Lipinski definition) is 8. The predicted octanol–water partition coefficient (Wildman–Crippen LogP) is 3.53. The van der Waals surface area contributed by atoms with Gasteiger partial charge in [0.15, 0.2) is 0 Å². The fraction of sp³-hybridized carbons (Fsp3) is 0.640. The van der Waals surface area contributed by atoms with Crippen molar-refractivity contribution >= 4 is 6.01 Å². The Morgan fingerprint density at radius 1 is 1.18 bits per heavy atom. The molecule has 184 valence electrons. The number of hydroxylamine groups is 1. The van der Waals surface area contributed by atoms with Crippen LogP contribution in [0.3, 0.4) is 0 Å². The van der Waals surface area contributed by atoms with Crippen LogP contribution in [-0.4, -0.2) is 73.7 Å². The van der Waals surface area contributed by atoms with Gasteiger partial charge < -0.3 is 23.5 Å². The first-order chi connectivity index (χ1) is 16.7. The van der Waals surface area contributed by atoms with Crippen molar-refractivity contribution in [2.24, 2.45) is 0 Å². The van der Waals surface area contributed by atoms with E-state index in [0.29, 0.717) is 44.4 Å². The molecule has 34 heavy (non-hydrogen) atoms. The molecule has 4 aliphatic rings. The molecule has 6 rings (SSSR count). The van der Waals surface area contributed by atoms with Crippen molar-refractivity contribution < 1.29 is 27.9 Å². The Balaban J connectivity index is 1.03. The standard InChI is InChI=1S/C25H32FN3O5/c26-19-1-2-23(33-16-21-15-30-11-12-31-21)22(13-19)18-4-8-28(9-5-18)20-3-6-25(14-20)17-29(34-25)24-27-7-10-32-24/h1-2,7,10,13,18,20-21H,3-6,8-9,11-12,14-17H2/t20?,21-,25+/m1/s1. The summed E-state index contributed by atoms with van der Waals surface area (Å²) in [5.41, 5.74) is 0.896. The van der Waals surface area contributed by atoms with Gasteiger partial charge in [0.1, 0.15) is 36.1 Å². The van der Waals surface area contributed by atoms with Crippen LogP contribution in [0.4, 0.5) is 10.4 Å². The van der Waals surface area contributed by atoms with E-state index in [2.05, 4.69) is 9.88 Å². The highest BCUT2D eigenvalue weighted by Gasteiger charge is 2.52. The second kappa shape index (κ2) is 9.45. The Morgan fingerprint density at radius 3 is 2.82 bits per heavy atom. The number of rotatable bonds is 6. The third-order valence-corrected chi connectivity index (χ3v) is 7.68. The number of likely N-dealkylation sites (tertiary alicyclic amines) is 1. The minimum atomic E-state index is -0.211. The first kappa shape index (κ1) is 22.3. The van der Waals surface area contributed by atoms with Gasteiger partial charge in [0, 0.05) is 11.6 Å². The maximum Gasteiger partial charge on any atom is 0.321 e. The molecular formula is C25H32FN3O5. The Bertz CT molecular complexity index is 953. The first-order valence-corrected chi connectivity index (χ1v) is 12.4. The molecule has 3 aliphatic heterocycles. The molecule has 8 nitrogen and oxygen atoms in total. The largest absolute Gasteiger partial charge is 0.490 e. The van der Waals surface area contributed by atoms with Gasteiger partial charge in [0.25, 0.3) is 0 Å². The molecular weight excluding hydrogens is 441 g/mol. The summed E-state index contributed by atoms with van der Waals surface area (Å²) in [4.78, 5) is 12.9. The lowest BCUT2D eigenvalue weighted by Crippen LogP contribution is -2.59. The highest BCUT2D eigenvalue weighted by Crippen LogP contribution is 2.45. The summed E-state index contributed by atoms with van der Waals surface area (Å²) in [5, 5.41) is 1.75. The number of hydrogen-bond donors (Lipinski definition) is 0. The first-order valence-electron chi connectivity index (χ1n) is 12.4. The zero-order valence-corrected chi connectivity index (χ0v) is 19.4. The molecule has 9 heteroatoms. The number of halogens is 1. The third kappa shape index (κ3) is 4.54. The van der Waals surface area contributed by atoms with Crippen LogP contribution in [0, 0.1) is 5.82 Å². The van der Waals surface area contributed by atoms with Gasteiger partial charge in [-0.15, -0.1) is 0 Å². The van der Waals surface area contributed by atoms with E-state index in [0.717, 1.165) is 63.1 Å². The molecule has 1 aromatic carbocycles. The van der Waals surface area contributed by atoms with E-state index in [1.807, 2.05) is 0 Å². The quantitative estimate of drug-likeness (QED) is 0.631. The van der Waals surface area contributed by atoms with Gasteiger partial charge in [-0.05, 0) is 69.3 Å². The molecule has 4 fully saturated rings. The van der Waals surface area contributed by atoms with Crippen LogP contribution >= 0.6 is 0 Å². The van der Waals surface area contributed by atoms with Crippen LogP contribution in [0.2, 0.25) is 0 Å². The highest BCUT2D eigenvalue weighted by atomic mass is 19.1. The van der Waals surface area contributed by atoms with Gasteiger partial charge in [-0.2, -0.15) is 0 Å². The van der Waals surface area contributed by atoms with Crippen LogP contribution in [0.1, 0.15) is 43.6 Å². The summed E-state index contributed by atoms with van der Waals surface area (Å²) < 4.78 is 36.7. The summed E-state index contributed by atoms with van der Waals surface area (Å²) >= 11 is 0. The molecule has 3 atom stereocenters. The minimum absolute atomic E-state index is 0.0728. The SMILES string of the molecule is Fc1ccc(OC[C@H]2COCCO2)c(C2CCN(C3CC[C@]4(C3)CN(c3ncco3)O4)CC2)c1. The third-order valence-electron chi connectivity index (χ3n) is 7.68. The summed E-state index contributed by atoms with van der Waals surface area (Å²) in [7, 11) is 0. The van der Waals surface area contributed by atoms with E-state index in [9.17, 15) is 4.39 Å². The Morgan fingerprint density at radius 2 is 2.06 bits per heavy atom. The van der Waals surface area contributed by atoms with Gasteiger partial charge in [0.05, 0.1) is 32.6 Å². The topological polar surface area (TPSA) is 69.4 Å². The summed E-state index contributed by atoms with van der Waals surface area (Å²) in [5.74, 6) is 0.849. The highest BCUT2D eigenvalue weighted by molar-refractivity contribution is 5.37. The van der Waals surface area contributed by atoms with E-state index in [1.165, 1.54) is 6.07 Å². The maximum absolute atomic E-state index is 14.1. The van der Waals surface area contributed by atoms with Crippen molar-refractivity contribution in [3.63, 3.8) is 0 Å². The average molecular weight is 474 g/mol. The summed E-state index contributed by atoms with van der Waals surface area (Å²) in [6, 6.07) is 5.95.